The first-order valence-electron chi connectivity index (χ1n) is 5.95. The third-order valence-electron chi connectivity index (χ3n) is 2.93. The zero-order valence-electron chi connectivity index (χ0n) is 11.1. The van der Waals surface area contributed by atoms with Gasteiger partial charge in [0, 0.05) is 11.1 Å². The third-order valence-corrected chi connectivity index (χ3v) is 3.53. The molecule has 2 rings (SSSR count). The molecule has 0 saturated heterocycles. The number of esters is 1. The van der Waals surface area contributed by atoms with Gasteiger partial charge in [0.2, 0.25) is 0 Å². The van der Waals surface area contributed by atoms with Gasteiger partial charge in [0.05, 0.1) is 29.9 Å². The molecule has 0 amide bonds. The van der Waals surface area contributed by atoms with Crippen LogP contribution in [0.5, 0.6) is 0 Å². The van der Waals surface area contributed by atoms with Gasteiger partial charge in [0.15, 0.2) is 0 Å². The van der Waals surface area contributed by atoms with Crippen molar-refractivity contribution in [3.63, 3.8) is 0 Å². The lowest BCUT2D eigenvalue weighted by Gasteiger charge is -2.16. The van der Waals surface area contributed by atoms with Crippen molar-refractivity contribution in [2.24, 2.45) is 0 Å². The number of nitrogens with one attached hydrogen (secondary N) is 1. The van der Waals surface area contributed by atoms with E-state index < -0.39 is 0 Å². The van der Waals surface area contributed by atoms with Crippen molar-refractivity contribution < 1.29 is 9.53 Å². The molecule has 19 heavy (non-hydrogen) atoms. The Morgan fingerprint density at radius 3 is 2.89 bits per heavy atom. The van der Waals surface area contributed by atoms with E-state index in [0.717, 1.165) is 16.9 Å². The fourth-order valence-corrected chi connectivity index (χ4v) is 2.41. The van der Waals surface area contributed by atoms with Crippen LogP contribution in [0, 0.1) is 6.92 Å². The van der Waals surface area contributed by atoms with Crippen LogP contribution >= 0.6 is 11.3 Å². The highest BCUT2D eigenvalue weighted by Crippen LogP contribution is 2.23. The standard InChI is InChI=1S/C14H16N2O2S/c1-9-4-5-11(14(17)18-3)6-12(9)16-10(2)13-7-19-8-15-13/h4-8,10,16H,1-3H3. The summed E-state index contributed by atoms with van der Waals surface area (Å²) in [4.78, 5) is 15.8. The quantitative estimate of drug-likeness (QED) is 0.869. The van der Waals surface area contributed by atoms with Crippen LogP contribution < -0.4 is 5.32 Å². The summed E-state index contributed by atoms with van der Waals surface area (Å²) in [6.07, 6.45) is 0. The van der Waals surface area contributed by atoms with Gasteiger partial charge in [-0.1, -0.05) is 6.07 Å². The minimum Gasteiger partial charge on any atom is -0.465 e. The second-order valence-electron chi connectivity index (χ2n) is 4.30. The first-order valence-corrected chi connectivity index (χ1v) is 6.89. The number of thiazole rings is 1. The van der Waals surface area contributed by atoms with Gasteiger partial charge < -0.3 is 10.1 Å². The maximum absolute atomic E-state index is 11.5. The molecule has 0 radical (unpaired) electrons. The Bertz CT molecular complexity index is 567. The first-order chi connectivity index (χ1) is 9.11. The molecule has 2 aromatic rings. The summed E-state index contributed by atoms with van der Waals surface area (Å²) in [7, 11) is 1.38. The summed E-state index contributed by atoms with van der Waals surface area (Å²) in [5.41, 5.74) is 5.35. The Kier molecular flexibility index (Phi) is 4.16. The van der Waals surface area contributed by atoms with E-state index in [9.17, 15) is 4.79 Å². The van der Waals surface area contributed by atoms with Crippen LogP contribution in [0.1, 0.15) is 34.6 Å². The van der Waals surface area contributed by atoms with E-state index in [-0.39, 0.29) is 12.0 Å². The molecule has 5 heteroatoms. The van der Waals surface area contributed by atoms with Crippen molar-refractivity contribution in [2.75, 3.05) is 12.4 Å². The second kappa shape index (κ2) is 5.84. The fraction of sp³-hybridized carbons (Fsp3) is 0.286. The Balaban J connectivity index is 2.22. The van der Waals surface area contributed by atoms with E-state index in [1.165, 1.54) is 7.11 Å². The number of anilines is 1. The van der Waals surface area contributed by atoms with Crippen LogP contribution in [-0.2, 0) is 4.74 Å². The monoisotopic (exact) mass is 276 g/mol. The highest BCUT2D eigenvalue weighted by atomic mass is 32.1. The number of ether oxygens (including phenoxy) is 1. The number of hydrogen-bond acceptors (Lipinski definition) is 5. The molecule has 0 fully saturated rings. The zero-order chi connectivity index (χ0) is 13.8. The van der Waals surface area contributed by atoms with Gasteiger partial charge in [0.1, 0.15) is 0 Å². The van der Waals surface area contributed by atoms with E-state index in [1.807, 2.05) is 36.9 Å². The molecule has 4 nitrogen and oxygen atoms in total. The number of carbonyl (C=O) groups excluding carboxylic acids is 1. The molecule has 1 atom stereocenters. The van der Waals surface area contributed by atoms with Crippen molar-refractivity contribution in [2.45, 2.75) is 19.9 Å². The van der Waals surface area contributed by atoms with Gasteiger partial charge in [-0.25, -0.2) is 9.78 Å². The molecule has 0 aliphatic carbocycles. The van der Waals surface area contributed by atoms with Gasteiger partial charge in [-0.3, -0.25) is 0 Å². The van der Waals surface area contributed by atoms with Crippen molar-refractivity contribution in [3.8, 4) is 0 Å². The molecular weight excluding hydrogens is 260 g/mol. The predicted octanol–water partition coefficient (Wildman–Crippen LogP) is 3.41. The van der Waals surface area contributed by atoms with Crippen LogP contribution in [0.15, 0.2) is 29.1 Å². The van der Waals surface area contributed by atoms with Crippen LogP contribution in [0.25, 0.3) is 0 Å². The van der Waals surface area contributed by atoms with Crippen molar-refractivity contribution in [1.82, 2.24) is 4.98 Å². The molecule has 1 unspecified atom stereocenters. The first kappa shape index (κ1) is 13.5. The summed E-state index contributed by atoms with van der Waals surface area (Å²) in [5, 5.41) is 5.38. The lowest BCUT2D eigenvalue weighted by molar-refractivity contribution is 0.0601. The minimum atomic E-state index is -0.329. The summed E-state index contributed by atoms with van der Waals surface area (Å²) >= 11 is 1.57. The number of benzene rings is 1. The van der Waals surface area contributed by atoms with Crippen molar-refractivity contribution in [1.29, 1.82) is 0 Å². The topological polar surface area (TPSA) is 51.2 Å². The highest BCUT2D eigenvalue weighted by molar-refractivity contribution is 7.07. The SMILES string of the molecule is COC(=O)c1ccc(C)c(NC(C)c2cscn2)c1. The van der Waals surface area contributed by atoms with Crippen LogP contribution in [0.2, 0.25) is 0 Å². The van der Waals surface area contributed by atoms with Crippen LogP contribution in [0.4, 0.5) is 5.69 Å². The van der Waals surface area contributed by atoms with E-state index in [2.05, 4.69) is 10.3 Å². The number of methoxy groups -OCH3 is 1. The maximum Gasteiger partial charge on any atom is 0.337 e. The number of rotatable bonds is 4. The molecular formula is C14H16N2O2S. The van der Waals surface area contributed by atoms with Gasteiger partial charge in [-0.15, -0.1) is 11.3 Å². The summed E-state index contributed by atoms with van der Waals surface area (Å²) in [6, 6.07) is 5.57. The average molecular weight is 276 g/mol. The lowest BCUT2D eigenvalue weighted by atomic mass is 10.1. The zero-order valence-corrected chi connectivity index (χ0v) is 12.0. The Labute approximate surface area is 116 Å². The number of aryl methyl sites for hydroxylation is 1. The van der Waals surface area contributed by atoms with Crippen molar-refractivity contribution in [3.05, 3.63) is 45.9 Å². The number of hydrogen-bond donors (Lipinski definition) is 1. The minimum absolute atomic E-state index is 0.0952. The molecule has 1 N–H and O–H groups in total. The molecule has 0 spiro atoms. The molecule has 0 aliphatic heterocycles. The van der Waals surface area contributed by atoms with E-state index in [4.69, 9.17) is 4.74 Å². The fourth-order valence-electron chi connectivity index (χ4n) is 1.77. The van der Waals surface area contributed by atoms with E-state index >= 15 is 0 Å². The normalized spacial score (nSPS) is 11.9. The van der Waals surface area contributed by atoms with Crippen LogP contribution in [0.3, 0.4) is 0 Å². The second-order valence-corrected chi connectivity index (χ2v) is 5.02. The smallest absolute Gasteiger partial charge is 0.337 e. The van der Waals surface area contributed by atoms with E-state index in [0.29, 0.717) is 5.56 Å². The van der Waals surface area contributed by atoms with Gasteiger partial charge in [-0.05, 0) is 31.5 Å². The Morgan fingerprint density at radius 1 is 1.47 bits per heavy atom. The molecule has 1 aromatic heterocycles. The molecule has 100 valence electrons. The van der Waals surface area contributed by atoms with Gasteiger partial charge in [-0.2, -0.15) is 0 Å². The molecule has 1 heterocycles. The molecule has 1 aromatic carbocycles. The number of nitrogens with zero attached hydrogens (tertiary/aromatic N) is 1. The largest absolute Gasteiger partial charge is 0.465 e. The van der Waals surface area contributed by atoms with Crippen molar-refractivity contribution >= 4 is 23.0 Å². The Morgan fingerprint density at radius 2 is 2.26 bits per heavy atom. The van der Waals surface area contributed by atoms with Gasteiger partial charge >= 0.3 is 5.97 Å². The van der Waals surface area contributed by atoms with Gasteiger partial charge in [0.25, 0.3) is 0 Å². The lowest BCUT2D eigenvalue weighted by Crippen LogP contribution is -2.09. The summed E-state index contributed by atoms with van der Waals surface area (Å²) in [6.45, 7) is 4.04. The third kappa shape index (κ3) is 3.12. The molecule has 0 saturated carbocycles. The summed E-state index contributed by atoms with van der Waals surface area (Å²) in [5.74, 6) is -0.329. The molecule has 0 aliphatic rings. The van der Waals surface area contributed by atoms with Crippen LogP contribution in [-0.4, -0.2) is 18.1 Å². The van der Waals surface area contributed by atoms with E-state index in [1.54, 1.807) is 17.4 Å². The predicted molar refractivity (Wildman–Crippen MR) is 76.7 cm³/mol. The maximum atomic E-state index is 11.5. The Hall–Kier alpha value is -1.88. The summed E-state index contributed by atoms with van der Waals surface area (Å²) < 4.78 is 4.73. The number of carbonyl (C=O) groups is 1. The molecule has 0 bridgehead atoms. The highest BCUT2D eigenvalue weighted by Gasteiger charge is 2.11. The average Bonchev–Trinajstić information content (AvgIpc) is 2.94. The number of aromatic nitrogens is 1.